The second-order valence-electron chi connectivity index (χ2n) is 5.89. The molecule has 1 saturated carbocycles. The number of benzene rings is 1. The monoisotopic (exact) mass is 304 g/mol. The van der Waals surface area contributed by atoms with Crippen molar-refractivity contribution < 1.29 is 9.59 Å². The first kappa shape index (κ1) is 16.1. The quantitative estimate of drug-likeness (QED) is 0.839. The van der Waals surface area contributed by atoms with Crippen LogP contribution in [0.2, 0.25) is 0 Å². The molecular weight excluding hydrogens is 280 g/mol. The van der Waals surface area contributed by atoms with Gasteiger partial charge in [-0.3, -0.25) is 10.2 Å². The summed E-state index contributed by atoms with van der Waals surface area (Å²) in [5.74, 6) is -0.312. The van der Waals surface area contributed by atoms with Crippen LogP contribution in [0.1, 0.15) is 42.5 Å². The maximum Gasteiger partial charge on any atom is 0.333 e. The molecule has 3 amide bonds. The van der Waals surface area contributed by atoms with E-state index in [1.54, 1.807) is 12.1 Å². The van der Waals surface area contributed by atoms with Gasteiger partial charge >= 0.3 is 6.03 Å². The molecule has 6 heteroatoms. The van der Waals surface area contributed by atoms with Gasteiger partial charge in [0.25, 0.3) is 5.91 Å². The van der Waals surface area contributed by atoms with E-state index in [2.05, 4.69) is 5.43 Å². The number of hydrazine groups is 1. The highest BCUT2D eigenvalue weighted by atomic mass is 16.2. The number of nitrogens with zero attached hydrogens (tertiary/aromatic N) is 2. The number of primary amides is 1. The first-order valence-corrected chi connectivity index (χ1v) is 7.66. The van der Waals surface area contributed by atoms with Gasteiger partial charge in [0.05, 0.1) is 6.04 Å². The topological polar surface area (TPSA) is 78.7 Å². The van der Waals surface area contributed by atoms with Crippen LogP contribution in [0.4, 0.5) is 10.5 Å². The number of carbonyl (C=O) groups is 2. The van der Waals surface area contributed by atoms with E-state index in [1.807, 2.05) is 31.1 Å². The maximum absolute atomic E-state index is 12.4. The lowest BCUT2D eigenvalue weighted by atomic mass is 9.95. The summed E-state index contributed by atoms with van der Waals surface area (Å²) in [5.41, 5.74) is 9.54. The average Bonchev–Trinajstić information content (AvgIpc) is 2.53. The summed E-state index contributed by atoms with van der Waals surface area (Å²) in [6.07, 6.45) is 5.03. The van der Waals surface area contributed by atoms with Crippen LogP contribution in [0.15, 0.2) is 24.3 Å². The van der Waals surface area contributed by atoms with Crippen LogP contribution >= 0.6 is 0 Å². The summed E-state index contributed by atoms with van der Waals surface area (Å²) >= 11 is 0. The zero-order valence-electron chi connectivity index (χ0n) is 13.2. The molecule has 0 spiro atoms. The summed E-state index contributed by atoms with van der Waals surface area (Å²) in [6.45, 7) is 0. The normalized spacial score (nSPS) is 15.2. The number of carbonyl (C=O) groups excluding carboxylic acids is 2. The molecule has 0 heterocycles. The van der Waals surface area contributed by atoms with Gasteiger partial charge in [0.1, 0.15) is 0 Å². The Bertz CT molecular complexity index is 539. The van der Waals surface area contributed by atoms with E-state index >= 15 is 0 Å². The lowest BCUT2D eigenvalue weighted by Gasteiger charge is -2.32. The van der Waals surface area contributed by atoms with E-state index in [0.717, 1.165) is 31.4 Å². The van der Waals surface area contributed by atoms with Crippen LogP contribution in [0, 0.1) is 0 Å². The van der Waals surface area contributed by atoms with Gasteiger partial charge in [-0.2, -0.15) is 0 Å². The van der Waals surface area contributed by atoms with Crippen LogP contribution in [0.25, 0.3) is 0 Å². The molecule has 120 valence electrons. The Morgan fingerprint density at radius 2 is 1.86 bits per heavy atom. The number of hydrogen-bond acceptors (Lipinski definition) is 3. The standard InChI is InChI=1S/C16H24N4O2/c1-19(2)14-10-6-7-12(11-14)15(21)18-20(16(17)22)13-8-4-3-5-9-13/h6-7,10-11,13H,3-5,8-9H2,1-2H3,(H2,17,22)(H,18,21). The first-order valence-electron chi connectivity index (χ1n) is 7.66. The lowest BCUT2D eigenvalue weighted by Crippen LogP contribution is -2.54. The van der Waals surface area contributed by atoms with Crippen molar-refractivity contribution in [3.8, 4) is 0 Å². The van der Waals surface area contributed by atoms with Crippen molar-refractivity contribution in [2.75, 3.05) is 19.0 Å². The minimum absolute atomic E-state index is 0.00719. The van der Waals surface area contributed by atoms with Crippen LogP contribution in [0.3, 0.4) is 0 Å². The number of urea groups is 1. The van der Waals surface area contributed by atoms with E-state index in [4.69, 9.17) is 5.73 Å². The maximum atomic E-state index is 12.4. The van der Waals surface area contributed by atoms with Gasteiger partial charge in [-0.1, -0.05) is 25.3 Å². The Balaban J connectivity index is 2.10. The molecule has 1 aromatic rings. The smallest absolute Gasteiger partial charge is 0.333 e. The number of anilines is 1. The molecule has 0 aliphatic heterocycles. The Labute approximate surface area is 131 Å². The summed E-state index contributed by atoms with van der Waals surface area (Å²) in [5, 5.41) is 1.30. The zero-order valence-corrected chi connectivity index (χ0v) is 13.2. The van der Waals surface area contributed by atoms with Crippen molar-refractivity contribution in [2.24, 2.45) is 5.73 Å². The van der Waals surface area contributed by atoms with Gasteiger partial charge in [0, 0.05) is 25.3 Å². The SMILES string of the molecule is CN(C)c1cccc(C(=O)NN(C(N)=O)C2CCCCC2)c1. The van der Waals surface area contributed by atoms with Gasteiger partial charge in [-0.15, -0.1) is 0 Å². The van der Waals surface area contributed by atoms with Gasteiger partial charge in [0.15, 0.2) is 0 Å². The average molecular weight is 304 g/mol. The molecule has 1 aromatic carbocycles. The predicted molar refractivity (Wildman–Crippen MR) is 86.5 cm³/mol. The molecule has 3 N–H and O–H groups in total. The second kappa shape index (κ2) is 7.15. The third-order valence-electron chi connectivity index (χ3n) is 4.02. The minimum atomic E-state index is -0.607. The fourth-order valence-corrected chi connectivity index (χ4v) is 2.76. The largest absolute Gasteiger partial charge is 0.378 e. The fourth-order valence-electron chi connectivity index (χ4n) is 2.76. The molecule has 1 fully saturated rings. The van der Waals surface area contributed by atoms with Crippen LogP contribution in [-0.4, -0.2) is 37.1 Å². The highest BCUT2D eigenvalue weighted by Crippen LogP contribution is 2.21. The minimum Gasteiger partial charge on any atom is -0.378 e. The molecule has 0 bridgehead atoms. The predicted octanol–water partition coefficient (Wildman–Crippen LogP) is 2.11. The Kier molecular flexibility index (Phi) is 5.25. The summed E-state index contributed by atoms with van der Waals surface area (Å²) < 4.78 is 0. The van der Waals surface area contributed by atoms with Gasteiger partial charge in [0.2, 0.25) is 0 Å². The fraction of sp³-hybridized carbons (Fsp3) is 0.500. The molecule has 1 aliphatic carbocycles. The van der Waals surface area contributed by atoms with Crippen molar-refractivity contribution in [2.45, 2.75) is 38.1 Å². The number of nitrogens with one attached hydrogen (secondary N) is 1. The van der Waals surface area contributed by atoms with E-state index in [9.17, 15) is 9.59 Å². The molecule has 22 heavy (non-hydrogen) atoms. The number of amides is 3. The van der Waals surface area contributed by atoms with Crippen molar-refractivity contribution in [1.82, 2.24) is 10.4 Å². The first-order chi connectivity index (χ1) is 10.5. The van der Waals surface area contributed by atoms with Crippen molar-refractivity contribution in [1.29, 1.82) is 0 Å². The summed E-state index contributed by atoms with van der Waals surface area (Å²) in [4.78, 5) is 26.0. The second-order valence-corrected chi connectivity index (χ2v) is 5.89. The van der Waals surface area contributed by atoms with Gasteiger partial charge < -0.3 is 10.6 Å². The van der Waals surface area contributed by atoms with Crippen LogP contribution < -0.4 is 16.1 Å². The van der Waals surface area contributed by atoms with E-state index < -0.39 is 6.03 Å². The molecule has 1 aliphatic rings. The Morgan fingerprint density at radius 1 is 1.18 bits per heavy atom. The van der Waals surface area contributed by atoms with E-state index in [-0.39, 0.29) is 11.9 Å². The number of rotatable bonds is 3. The zero-order chi connectivity index (χ0) is 16.1. The summed E-state index contributed by atoms with van der Waals surface area (Å²) in [6, 6.07) is 6.64. The molecule has 6 nitrogen and oxygen atoms in total. The molecule has 2 rings (SSSR count). The van der Waals surface area contributed by atoms with Crippen LogP contribution in [-0.2, 0) is 0 Å². The Morgan fingerprint density at radius 3 is 2.45 bits per heavy atom. The molecule has 0 unspecified atom stereocenters. The molecular formula is C16H24N4O2. The van der Waals surface area contributed by atoms with E-state index in [1.165, 1.54) is 11.4 Å². The van der Waals surface area contributed by atoms with Crippen LogP contribution in [0.5, 0.6) is 0 Å². The van der Waals surface area contributed by atoms with Crippen molar-refractivity contribution in [3.05, 3.63) is 29.8 Å². The summed E-state index contributed by atoms with van der Waals surface area (Å²) in [7, 11) is 3.82. The highest BCUT2D eigenvalue weighted by molar-refractivity contribution is 5.96. The molecule has 0 atom stereocenters. The van der Waals surface area contributed by atoms with Crippen molar-refractivity contribution >= 4 is 17.6 Å². The van der Waals surface area contributed by atoms with Gasteiger partial charge in [-0.05, 0) is 31.0 Å². The lowest BCUT2D eigenvalue weighted by molar-refractivity contribution is 0.0732. The molecule has 0 saturated heterocycles. The van der Waals surface area contributed by atoms with Crippen molar-refractivity contribution in [3.63, 3.8) is 0 Å². The third kappa shape index (κ3) is 3.90. The number of hydrogen-bond donors (Lipinski definition) is 2. The molecule has 0 aromatic heterocycles. The third-order valence-corrected chi connectivity index (χ3v) is 4.02. The Hall–Kier alpha value is -2.24. The molecule has 0 radical (unpaired) electrons. The van der Waals surface area contributed by atoms with Gasteiger partial charge in [-0.25, -0.2) is 9.80 Å². The number of nitrogens with two attached hydrogens (primary N) is 1. The highest BCUT2D eigenvalue weighted by Gasteiger charge is 2.25. The van der Waals surface area contributed by atoms with E-state index in [0.29, 0.717) is 5.56 Å².